The van der Waals surface area contributed by atoms with Gasteiger partial charge < -0.3 is 9.15 Å². The summed E-state index contributed by atoms with van der Waals surface area (Å²) in [5.41, 5.74) is -0.731. The lowest BCUT2D eigenvalue weighted by molar-refractivity contribution is -0.140. The van der Waals surface area contributed by atoms with Gasteiger partial charge in [-0.1, -0.05) is 6.07 Å². The van der Waals surface area contributed by atoms with Crippen LogP contribution < -0.4 is 0 Å². The Kier molecular flexibility index (Phi) is 6.59. The van der Waals surface area contributed by atoms with Crippen molar-refractivity contribution in [1.29, 1.82) is 0 Å². The summed E-state index contributed by atoms with van der Waals surface area (Å²) >= 11 is 0. The van der Waals surface area contributed by atoms with Gasteiger partial charge >= 0.3 is 12.1 Å². The minimum atomic E-state index is -4.69. The third kappa shape index (κ3) is 5.57. The van der Waals surface area contributed by atoms with Crippen LogP contribution in [0, 0.1) is 5.82 Å². The summed E-state index contributed by atoms with van der Waals surface area (Å²) in [7, 11) is 1.29. The number of ether oxygens (including phenoxy) is 1. The van der Waals surface area contributed by atoms with Gasteiger partial charge in [-0.2, -0.15) is 13.2 Å². The molecule has 0 atom stereocenters. The Labute approximate surface area is 165 Å². The topological polar surface area (TPSA) is 45.9 Å². The maximum Gasteiger partial charge on any atom is 0.419 e. The predicted octanol–water partition coefficient (Wildman–Crippen LogP) is 3.93. The van der Waals surface area contributed by atoms with Crippen molar-refractivity contribution in [1.82, 2.24) is 9.80 Å². The number of alkyl halides is 3. The quantitative estimate of drug-likeness (QED) is 0.548. The van der Waals surface area contributed by atoms with Gasteiger partial charge in [0.15, 0.2) is 0 Å². The molecule has 0 unspecified atom stereocenters. The van der Waals surface area contributed by atoms with Crippen LogP contribution in [0.15, 0.2) is 34.7 Å². The number of methoxy groups -OCH3 is 1. The molecule has 1 aliphatic heterocycles. The van der Waals surface area contributed by atoms with Gasteiger partial charge in [0.25, 0.3) is 0 Å². The molecular formula is C20H22F4N2O3. The van der Waals surface area contributed by atoms with E-state index in [9.17, 15) is 22.4 Å². The number of carbonyl (C=O) groups is 1. The first kappa shape index (κ1) is 21.3. The SMILES string of the molecule is COC(=O)c1ccc(CN2CCCN(Cc3ccc(C(F)(F)F)c(F)c3)CC2)o1. The fourth-order valence-electron chi connectivity index (χ4n) is 3.38. The van der Waals surface area contributed by atoms with Gasteiger partial charge in [0, 0.05) is 19.6 Å². The van der Waals surface area contributed by atoms with Crippen LogP contribution in [0.5, 0.6) is 0 Å². The molecule has 1 fully saturated rings. The van der Waals surface area contributed by atoms with Gasteiger partial charge in [-0.15, -0.1) is 0 Å². The molecule has 2 aromatic rings. The zero-order valence-electron chi connectivity index (χ0n) is 16.0. The largest absolute Gasteiger partial charge is 0.463 e. The zero-order chi connectivity index (χ0) is 21.0. The second-order valence-electron chi connectivity index (χ2n) is 6.98. The van der Waals surface area contributed by atoms with Crippen LogP contribution in [0.3, 0.4) is 0 Å². The maximum absolute atomic E-state index is 13.8. The number of hydrogen-bond donors (Lipinski definition) is 0. The number of nitrogens with zero attached hydrogens (tertiary/aromatic N) is 2. The predicted molar refractivity (Wildman–Crippen MR) is 96.6 cm³/mol. The number of rotatable bonds is 5. The Morgan fingerprint density at radius 2 is 1.76 bits per heavy atom. The van der Waals surface area contributed by atoms with Crippen LogP contribution >= 0.6 is 0 Å². The third-order valence-corrected chi connectivity index (χ3v) is 4.85. The van der Waals surface area contributed by atoms with Crippen molar-refractivity contribution < 1.29 is 31.5 Å². The molecule has 1 saturated heterocycles. The Morgan fingerprint density at radius 3 is 2.38 bits per heavy atom. The van der Waals surface area contributed by atoms with Crippen LogP contribution in [-0.2, 0) is 24.0 Å². The lowest BCUT2D eigenvalue weighted by Gasteiger charge is -2.21. The molecule has 0 amide bonds. The number of benzene rings is 1. The highest BCUT2D eigenvalue weighted by molar-refractivity contribution is 5.86. The molecule has 1 aromatic carbocycles. The van der Waals surface area contributed by atoms with Gasteiger partial charge in [0.1, 0.15) is 11.6 Å². The minimum absolute atomic E-state index is 0.156. The fraction of sp³-hybridized carbons (Fsp3) is 0.450. The van der Waals surface area contributed by atoms with Crippen molar-refractivity contribution in [2.24, 2.45) is 0 Å². The van der Waals surface area contributed by atoms with E-state index in [1.165, 1.54) is 13.2 Å². The lowest BCUT2D eigenvalue weighted by atomic mass is 10.1. The molecule has 1 aromatic heterocycles. The second kappa shape index (κ2) is 8.96. The van der Waals surface area contributed by atoms with Crippen LogP contribution in [0.4, 0.5) is 17.6 Å². The van der Waals surface area contributed by atoms with E-state index in [1.807, 2.05) is 0 Å². The molecule has 0 radical (unpaired) electrons. The van der Waals surface area contributed by atoms with Crippen LogP contribution in [0.25, 0.3) is 0 Å². The molecule has 158 valence electrons. The Bertz CT molecular complexity index is 850. The van der Waals surface area contributed by atoms with E-state index in [2.05, 4.69) is 14.5 Å². The van der Waals surface area contributed by atoms with E-state index in [4.69, 9.17) is 4.42 Å². The molecule has 0 aliphatic carbocycles. The molecule has 9 heteroatoms. The van der Waals surface area contributed by atoms with Crippen molar-refractivity contribution >= 4 is 5.97 Å². The molecule has 5 nitrogen and oxygen atoms in total. The van der Waals surface area contributed by atoms with Gasteiger partial charge in [-0.3, -0.25) is 9.80 Å². The number of carbonyl (C=O) groups excluding carboxylic acids is 1. The van der Waals surface area contributed by atoms with Crippen LogP contribution in [0.2, 0.25) is 0 Å². The summed E-state index contributed by atoms with van der Waals surface area (Å²) in [6.45, 7) is 3.90. The maximum atomic E-state index is 13.8. The molecule has 1 aliphatic rings. The van der Waals surface area contributed by atoms with E-state index in [0.717, 1.165) is 38.2 Å². The van der Waals surface area contributed by atoms with Crippen molar-refractivity contribution in [2.75, 3.05) is 33.3 Å². The molecule has 3 rings (SSSR count). The van der Waals surface area contributed by atoms with E-state index < -0.39 is 23.5 Å². The minimum Gasteiger partial charge on any atom is -0.463 e. The van der Waals surface area contributed by atoms with Crippen molar-refractivity contribution in [3.8, 4) is 0 Å². The standard InChI is InChI=1S/C20H22F4N2O3/c1-28-19(27)18-6-4-15(29-18)13-26-8-2-7-25(9-10-26)12-14-3-5-16(17(21)11-14)20(22,23)24/h3-6,11H,2,7-10,12-13H2,1H3. The second-order valence-corrected chi connectivity index (χ2v) is 6.98. The van der Waals surface area contributed by atoms with E-state index >= 15 is 0 Å². The first-order chi connectivity index (χ1) is 13.8. The summed E-state index contributed by atoms with van der Waals surface area (Å²) in [6.07, 6.45) is -3.83. The lowest BCUT2D eigenvalue weighted by Crippen LogP contribution is -2.30. The Morgan fingerprint density at radius 1 is 1.07 bits per heavy atom. The van der Waals surface area contributed by atoms with E-state index in [-0.39, 0.29) is 5.76 Å². The van der Waals surface area contributed by atoms with Gasteiger partial charge in [0.05, 0.1) is 19.2 Å². The summed E-state index contributed by atoms with van der Waals surface area (Å²) in [5, 5.41) is 0. The average molecular weight is 414 g/mol. The summed E-state index contributed by atoms with van der Waals surface area (Å²) in [5.74, 6) is -0.959. The summed E-state index contributed by atoms with van der Waals surface area (Å²) < 4.78 is 62.0. The monoisotopic (exact) mass is 414 g/mol. The number of hydrogen-bond acceptors (Lipinski definition) is 5. The Balaban J connectivity index is 1.55. The highest BCUT2D eigenvalue weighted by atomic mass is 19.4. The molecule has 0 bridgehead atoms. The molecule has 0 N–H and O–H groups in total. The van der Waals surface area contributed by atoms with Crippen molar-refractivity contribution in [3.05, 3.63) is 58.8 Å². The normalized spacial score (nSPS) is 16.6. The molecule has 0 spiro atoms. The number of halogens is 4. The zero-order valence-corrected chi connectivity index (χ0v) is 16.0. The molecular weight excluding hydrogens is 392 g/mol. The van der Waals surface area contributed by atoms with Gasteiger partial charge in [-0.25, -0.2) is 9.18 Å². The Hall–Kier alpha value is -2.39. The highest BCUT2D eigenvalue weighted by Gasteiger charge is 2.34. The fourth-order valence-corrected chi connectivity index (χ4v) is 3.38. The summed E-state index contributed by atoms with van der Waals surface area (Å²) in [4.78, 5) is 15.7. The van der Waals surface area contributed by atoms with E-state index in [0.29, 0.717) is 31.0 Å². The number of esters is 1. The van der Waals surface area contributed by atoms with E-state index in [1.54, 1.807) is 12.1 Å². The third-order valence-electron chi connectivity index (χ3n) is 4.85. The smallest absolute Gasteiger partial charge is 0.419 e. The van der Waals surface area contributed by atoms with Gasteiger partial charge in [0.2, 0.25) is 5.76 Å². The first-order valence-electron chi connectivity index (χ1n) is 9.23. The summed E-state index contributed by atoms with van der Waals surface area (Å²) in [6, 6.07) is 6.39. The molecule has 2 heterocycles. The van der Waals surface area contributed by atoms with Crippen LogP contribution in [0.1, 0.15) is 33.9 Å². The number of furan rings is 1. The van der Waals surface area contributed by atoms with Crippen LogP contribution in [-0.4, -0.2) is 49.1 Å². The molecule has 0 saturated carbocycles. The first-order valence-corrected chi connectivity index (χ1v) is 9.23. The molecule has 29 heavy (non-hydrogen) atoms. The van der Waals surface area contributed by atoms with Gasteiger partial charge in [-0.05, 0) is 49.3 Å². The van der Waals surface area contributed by atoms with Crippen molar-refractivity contribution in [2.45, 2.75) is 25.7 Å². The van der Waals surface area contributed by atoms with Crippen molar-refractivity contribution in [3.63, 3.8) is 0 Å². The highest BCUT2D eigenvalue weighted by Crippen LogP contribution is 2.31. The average Bonchev–Trinajstić information content (AvgIpc) is 3.01.